The number of hydrogen-bond acceptors (Lipinski definition) is 2. The van der Waals surface area contributed by atoms with Crippen molar-refractivity contribution in [2.24, 2.45) is 17.8 Å². The van der Waals surface area contributed by atoms with Gasteiger partial charge in [-0.1, -0.05) is 0 Å². The molecule has 3 heteroatoms. The molecule has 12 heavy (non-hydrogen) atoms. The average Bonchev–Trinajstić information content (AvgIpc) is 2.47. The normalized spacial score (nSPS) is 40.8. The number of carboxylic acids is 1. The van der Waals surface area contributed by atoms with Crippen LogP contribution in [0.4, 0.5) is 0 Å². The van der Waals surface area contributed by atoms with Gasteiger partial charge in [0, 0.05) is 0 Å². The van der Waals surface area contributed by atoms with Crippen LogP contribution < -0.4 is 5.32 Å². The Hall–Kier alpha value is -0.570. The lowest BCUT2D eigenvalue weighted by atomic mass is 9.84. The molecule has 2 aliphatic rings. The lowest BCUT2D eigenvalue weighted by Gasteiger charge is -2.28. The Balaban J connectivity index is 2.05. The Morgan fingerprint density at radius 3 is 2.92 bits per heavy atom. The zero-order chi connectivity index (χ0) is 8.55. The van der Waals surface area contributed by atoms with Gasteiger partial charge in [-0.2, -0.15) is 0 Å². The average molecular weight is 169 g/mol. The molecule has 0 unspecified atom stereocenters. The Bertz CT molecular complexity index is 193. The maximum absolute atomic E-state index is 10.8. The molecule has 1 saturated carbocycles. The van der Waals surface area contributed by atoms with Gasteiger partial charge in [0.15, 0.2) is 0 Å². The first-order valence-corrected chi connectivity index (χ1v) is 4.72. The highest BCUT2D eigenvalue weighted by atomic mass is 16.4. The second-order valence-electron chi connectivity index (χ2n) is 3.94. The zero-order valence-corrected chi connectivity index (χ0v) is 7.12. The summed E-state index contributed by atoms with van der Waals surface area (Å²) in [7, 11) is 0. The smallest absolute Gasteiger partial charge is 0.306 e. The van der Waals surface area contributed by atoms with Gasteiger partial charge in [-0.3, -0.25) is 4.79 Å². The summed E-state index contributed by atoms with van der Waals surface area (Å²) in [5.41, 5.74) is 0. The van der Waals surface area contributed by atoms with Crippen LogP contribution in [-0.2, 0) is 4.79 Å². The highest BCUT2D eigenvalue weighted by molar-refractivity contribution is 5.70. The number of carbonyl (C=O) groups is 1. The van der Waals surface area contributed by atoms with Gasteiger partial charge in [0.05, 0.1) is 5.92 Å². The van der Waals surface area contributed by atoms with Gasteiger partial charge in [-0.15, -0.1) is 0 Å². The van der Waals surface area contributed by atoms with E-state index >= 15 is 0 Å². The van der Waals surface area contributed by atoms with Crippen molar-refractivity contribution in [2.75, 3.05) is 13.1 Å². The molecule has 0 aromatic carbocycles. The van der Waals surface area contributed by atoms with Gasteiger partial charge in [-0.25, -0.2) is 0 Å². The van der Waals surface area contributed by atoms with E-state index in [4.69, 9.17) is 5.11 Å². The Morgan fingerprint density at radius 2 is 2.17 bits per heavy atom. The Labute approximate surface area is 72.2 Å². The quantitative estimate of drug-likeness (QED) is 0.607. The van der Waals surface area contributed by atoms with E-state index in [0.717, 1.165) is 32.4 Å². The molecular formula is C9H15NO2. The number of aliphatic carboxylic acids is 1. The molecule has 68 valence electrons. The maximum atomic E-state index is 10.8. The first kappa shape index (κ1) is 8.05. The zero-order valence-electron chi connectivity index (χ0n) is 7.12. The van der Waals surface area contributed by atoms with Crippen molar-refractivity contribution in [3.63, 3.8) is 0 Å². The van der Waals surface area contributed by atoms with Gasteiger partial charge in [0.1, 0.15) is 0 Å². The van der Waals surface area contributed by atoms with Crippen LogP contribution in [0.5, 0.6) is 0 Å². The van der Waals surface area contributed by atoms with E-state index < -0.39 is 5.97 Å². The predicted octanol–water partition coefficient (Wildman–Crippen LogP) is 0.707. The second-order valence-corrected chi connectivity index (χ2v) is 3.94. The van der Waals surface area contributed by atoms with Gasteiger partial charge < -0.3 is 10.4 Å². The largest absolute Gasteiger partial charge is 0.481 e. The molecule has 0 amide bonds. The van der Waals surface area contributed by atoms with Crippen molar-refractivity contribution in [2.45, 2.75) is 19.3 Å². The van der Waals surface area contributed by atoms with E-state index in [-0.39, 0.29) is 5.92 Å². The molecule has 0 radical (unpaired) electrons. The molecule has 1 aliphatic carbocycles. The first-order valence-electron chi connectivity index (χ1n) is 4.72. The lowest BCUT2D eigenvalue weighted by Crippen LogP contribution is -2.37. The fraction of sp³-hybridized carbons (Fsp3) is 0.889. The van der Waals surface area contributed by atoms with Crippen molar-refractivity contribution in [1.82, 2.24) is 5.32 Å². The second kappa shape index (κ2) is 3.05. The molecule has 1 aliphatic heterocycles. The number of carboxylic acid groups (broad SMARTS) is 1. The van der Waals surface area contributed by atoms with E-state index in [1.54, 1.807) is 0 Å². The van der Waals surface area contributed by atoms with Crippen LogP contribution in [0, 0.1) is 17.8 Å². The maximum Gasteiger partial charge on any atom is 0.306 e. The first-order chi connectivity index (χ1) is 5.79. The van der Waals surface area contributed by atoms with E-state index in [0.29, 0.717) is 11.8 Å². The molecule has 2 fully saturated rings. The minimum absolute atomic E-state index is 0.0444. The van der Waals surface area contributed by atoms with Crippen molar-refractivity contribution in [3.8, 4) is 0 Å². The number of hydrogen-bond donors (Lipinski definition) is 2. The lowest BCUT2D eigenvalue weighted by molar-refractivity contribution is -0.143. The summed E-state index contributed by atoms with van der Waals surface area (Å²) < 4.78 is 0. The fourth-order valence-corrected chi connectivity index (χ4v) is 2.70. The van der Waals surface area contributed by atoms with Crippen molar-refractivity contribution < 1.29 is 9.90 Å². The monoisotopic (exact) mass is 169 g/mol. The summed E-state index contributed by atoms with van der Waals surface area (Å²) in [6.07, 6.45) is 3.06. The van der Waals surface area contributed by atoms with Gasteiger partial charge in [-0.05, 0) is 44.2 Å². The van der Waals surface area contributed by atoms with E-state index in [9.17, 15) is 4.79 Å². The number of rotatable bonds is 1. The van der Waals surface area contributed by atoms with Crippen LogP contribution >= 0.6 is 0 Å². The van der Waals surface area contributed by atoms with Gasteiger partial charge in [0.25, 0.3) is 0 Å². The summed E-state index contributed by atoms with van der Waals surface area (Å²) in [4.78, 5) is 10.8. The van der Waals surface area contributed by atoms with Gasteiger partial charge in [0.2, 0.25) is 0 Å². The summed E-state index contributed by atoms with van der Waals surface area (Å²) in [5.74, 6) is 0.477. The molecule has 3 nitrogen and oxygen atoms in total. The SMILES string of the molecule is O=C(O)[C@@H]1CC[C@@H]2CNCC[C@@H]21. The van der Waals surface area contributed by atoms with Crippen LogP contribution in [0.2, 0.25) is 0 Å². The summed E-state index contributed by atoms with van der Waals surface area (Å²) >= 11 is 0. The molecule has 2 N–H and O–H groups in total. The van der Waals surface area contributed by atoms with Crippen LogP contribution in [0.15, 0.2) is 0 Å². The highest BCUT2D eigenvalue weighted by Gasteiger charge is 2.40. The van der Waals surface area contributed by atoms with Gasteiger partial charge >= 0.3 is 5.97 Å². The van der Waals surface area contributed by atoms with Crippen LogP contribution in [0.3, 0.4) is 0 Å². The summed E-state index contributed by atoms with van der Waals surface area (Å²) in [6, 6.07) is 0. The topological polar surface area (TPSA) is 49.3 Å². The highest BCUT2D eigenvalue weighted by Crippen LogP contribution is 2.40. The molecule has 0 aromatic heterocycles. The third kappa shape index (κ3) is 1.22. The standard InChI is InChI=1S/C9H15NO2/c11-9(12)8-2-1-6-5-10-4-3-7(6)8/h6-8,10H,1-5H2,(H,11,12)/t6-,7+,8-/m1/s1. The Morgan fingerprint density at radius 1 is 1.33 bits per heavy atom. The minimum Gasteiger partial charge on any atom is -0.481 e. The third-order valence-electron chi connectivity index (χ3n) is 3.35. The molecule has 0 aromatic rings. The fourth-order valence-electron chi connectivity index (χ4n) is 2.70. The molecule has 0 bridgehead atoms. The minimum atomic E-state index is -0.579. The molecule has 0 spiro atoms. The molecular weight excluding hydrogens is 154 g/mol. The van der Waals surface area contributed by atoms with Crippen molar-refractivity contribution in [1.29, 1.82) is 0 Å². The number of piperidine rings is 1. The summed E-state index contributed by atoms with van der Waals surface area (Å²) in [5, 5.41) is 12.3. The van der Waals surface area contributed by atoms with Crippen LogP contribution in [0.25, 0.3) is 0 Å². The third-order valence-corrected chi connectivity index (χ3v) is 3.35. The van der Waals surface area contributed by atoms with Crippen molar-refractivity contribution in [3.05, 3.63) is 0 Å². The van der Waals surface area contributed by atoms with Crippen LogP contribution in [0.1, 0.15) is 19.3 Å². The molecule has 2 rings (SSSR count). The van der Waals surface area contributed by atoms with Crippen LogP contribution in [-0.4, -0.2) is 24.2 Å². The van der Waals surface area contributed by atoms with Crippen molar-refractivity contribution >= 4 is 5.97 Å². The van der Waals surface area contributed by atoms with E-state index in [1.165, 1.54) is 0 Å². The molecule has 3 atom stereocenters. The van der Waals surface area contributed by atoms with E-state index in [1.807, 2.05) is 0 Å². The number of fused-ring (bicyclic) bond motifs is 1. The predicted molar refractivity (Wildman–Crippen MR) is 44.8 cm³/mol. The molecule has 1 saturated heterocycles. The van der Waals surface area contributed by atoms with E-state index in [2.05, 4.69) is 5.32 Å². The Kier molecular flexibility index (Phi) is 2.05. The number of nitrogens with one attached hydrogen (secondary N) is 1. The summed E-state index contributed by atoms with van der Waals surface area (Å²) in [6.45, 7) is 2.04. The molecule has 1 heterocycles.